The second-order valence-corrected chi connectivity index (χ2v) is 5.20. The maximum atomic E-state index is 12.2. The normalized spacial score (nSPS) is 21.9. The van der Waals surface area contributed by atoms with Crippen molar-refractivity contribution in [3.05, 3.63) is 18.2 Å². The Labute approximate surface area is 118 Å². The Hall–Kier alpha value is -1.75. The average molecular weight is 276 g/mol. The molecule has 2 N–H and O–H groups in total. The molecule has 1 saturated heterocycles. The molecule has 5 heteroatoms. The topological polar surface area (TPSA) is 59.6 Å². The lowest BCUT2D eigenvalue weighted by Crippen LogP contribution is -2.39. The van der Waals surface area contributed by atoms with Crippen LogP contribution >= 0.6 is 0 Å². The van der Waals surface area contributed by atoms with E-state index in [2.05, 4.69) is 10.6 Å². The van der Waals surface area contributed by atoms with Crippen molar-refractivity contribution in [2.75, 3.05) is 25.1 Å². The van der Waals surface area contributed by atoms with E-state index in [9.17, 15) is 4.79 Å². The molecule has 0 bridgehead atoms. The predicted molar refractivity (Wildman–Crippen MR) is 76.3 cm³/mol. The lowest BCUT2D eigenvalue weighted by atomic mass is 10.1. The van der Waals surface area contributed by atoms with E-state index in [1.807, 2.05) is 18.2 Å². The number of hydrogen-bond donors (Lipinski definition) is 2. The predicted octanol–water partition coefficient (Wildman–Crippen LogP) is 1.93. The van der Waals surface area contributed by atoms with Crippen molar-refractivity contribution >= 4 is 11.6 Å². The van der Waals surface area contributed by atoms with Crippen LogP contribution in [0.25, 0.3) is 0 Å². The number of carbonyl (C=O) groups excluding carboxylic acids is 1. The van der Waals surface area contributed by atoms with E-state index in [0.717, 1.165) is 37.2 Å². The number of amides is 1. The van der Waals surface area contributed by atoms with Gasteiger partial charge in [0.25, 0.3) is 0 Å². The van der Waals surface area contributed by atoms with Crippen molar-refractivity contribution in [2.24, 2.45) is 0 Å². The molecule has 1 amide bonds. The van der Waals surface area contributed by atoms with Gasteiger partial charge in [0.1, 0.15) is 13.2 Å². The van der Waals surface area contributed by atoms with Gasteiger partial charge in [-0.25, -0.2) is 0 Å². The summed E-state index contributed by atoms with van der Waals surface area (Å²) in [6.45, 7) is 2.04. The summed E-state index contributed by atoms with van der Waals surface area (Å²) in [6.07, 6.45) is 4.34. The highest BCUT2D eigenvalue weighted by Gasteiger charge is 2.20. The third-order valence-corrected chi connectivity index (χ3v) is 3.69. The van der Waals surface area contributed by atoms with Crippen LogP contribution in [0.3, 0.4) is 0 Å². The molecule has 0 spiro atoms. The Bertz CT molecular complexity index is 482. The highest BCUT2D eigenvalue weighted by molar-refractivity contribution is 5.95. The van der Waals surface area contributed by atoms with Gasteiger partial charge < -0.3 is 20.1 Å². The lowest BCUT2D eigenvalue weighted by molar-refractivity contribution is -0.118. The van der Waals surface area contributed by atoms with Crippen molar-refractivity contribution in [3.8, 4) is 11.5 Å². The van der Waals surface area contributed by atoms with Crippen molar-refractivity contribution in [3.63, 3.8) is 0 Å². The molecule has 2 heterocycles. The largest absolute Gasteiger partial charge is 0.486 e. The number of ether oxygens (including phenoxy) is 2. The van der Waals surface area contributed by atoms with E-state index in [1.54, 1.807) is 0 Å². The Morgan fingerprint density at radius 3 is 2.90 bits per heavy atom. The van der Waals surface area contributed by atoms with Crippen LogP contribution < -0.4 is 20.1 Å². The van der Waals surface area contributed by atoms with Crippen LogP contribution in [0.4, 0.5) is 5.69 Å². The van der Waals surface area contributed by atoms with Crippen LogP contribution in [0.15, 0.2) is 18.2 Å². The first-order chi connectivity index (χ1) is 9.83. The standard InChI is InChI=1S/C15H20N2O3/c18-15(12-4-2-1-3-7-16-12)17-11-5-6-13-14(10-11)20-9-8-19-13/h5-6,10,12,16H,1-4,7-9H2,(H,17,18). The van der Waals surface area contributed by atoms with E-state index < -0.39 is 0 Å². The zero-order valence-electron chi connectivity index (χ0n) is 11.5. The first kappa shape index (κ1) is 13.2. The fourth-order valence-electron chi connectivity index (χ4n) is 2.60. The van der Waals surface area contributed by atoms with Gasteiger partial charge in [-0.1, -0.05) is 12.8 Å². The van der Waals surface area contributed by atoms with Crippen molar-refractivity contribution in [2.45, 2.75) is 31.7 Å². The molecule has 0 radical (unpaired) electrons. The smallest absolute Gasteiger partial charge is 0.241 e. The van der Waals surface area contributed by atoms with Gasteiger partial charge in [-0.05, 0) is 31.5 Å². The number of carbonyl (C=O) groups is 1. The Morgan fingerprint density at radius 2 is 2.00 bits per heavy atom. The molecule has 5 nitrogen and oxygen atoms in total. The number of hydrogen-bond acceptors (Lipinski definition) is 4. The van der Waals surface area contributed by atoms with Crippen LogP contribution in [-0.2, 0) is 4.79 Å². The van der Waals surface area contributed by atoms with Gasteiger partial charge in [0.05, 0.1) is 6.04 Å². The second kappa shape index (κ2) is 6.13. The Balaban J connectivity index is 1.66. The SMILES string of the molecule is O=C(Nc1ccc2c(c1)OCCO2)C1CCCCCN1. The molecule has 108 valence electrons. The first-order valence-electron chi connectivity index (χ1n) is 7.27. The summed E-state index contributed by atoms with van der Waals surface area (Å²) in [6, 6.07) is 5.42. The van der Waals surface area contributed by atoms with Crippen molar-refractivity contribution in [1.82, 2.24) is 5.32 Å². The number of nitrogens with one attached hydrogen (secondary N) is 2. The van der Waals surface area contributed by atoms with Gasteiger partial charge >= 0.3 is 0 Å². The van der Waals surface area contributed by atoms with Gasteiger partial charge in [-0.2, -0.15) is 0 Å². The van der Waals surface area contributed by atoms with E-state index in [1.165, 1.54) is 6.42 Å². The molecular formula is C15H20N2O3. The minimum Gasteiger partial charge on any atom is -0.486 e. The quantitative estimate of drug-likeness (QED) is 0.866. The highest BCUT2D eigenvalue weighted by atomic mass is 16.6. The molecule has 1 aromatic rings. The fraction of sp³-hybridized carbons (Fsp3) is 0.533. The third kappa shape index (κ3) is 3.04. The van der Waals surface area contributed by atoms with E-state index in [4.69, 9.17) is 9.47 Å². The molecule has 0 aromatic heterocycles. The summed E-state index contributed by atoms with van der Waals surface area (Å²) in [5.41, 5.74) is 0.755. The van der Waals surface area contributed by atoms with Crippen molar-refractivity contribution in [1.29, 1.82) is 0 Å². The fourth-order valence-corrected chi connectivity index (χ4v) is 2.60. The summed E-state index contributed by atoms with van der Waals surface area (Å²) < 4.78 is 11.0. The van der Waals surface area contributed by atoms with Crippen LogP contribution in [0.2, 0.25) is 0 Å². The van der Waals surface area contributed by atoms with E-state index in [-0.39, 0.29) is 11.9 Å². The summed E-state index contributed by atoms with van der Waals surface area (Å²) in [4.78, 5) is 12.2. The molecule has 0 saturated carbocycles. The zero-order valence-corrected chi connectivity index (χ0v) is 11.5. The lowest BCUT2D eigenvalue weighted by Gasteiger charge is -2.20. The Morgan fingerprint density at radius 1 is 1.15 bits per heavy atom. The molecule has 1 unspecified atom stereocenters. The number of rotatable bonds is 2. The highest BCUT2D eigenvalue weighted by Crippen LogP contribution is 2.32. The van der Waals surface area contributed by atoms with Gasteiger partial charge in [-0.3, -0.25) is 4.79 Å². The minimum absolute atomic E-state index is 0.0311. The third-order valence-electron chi connectivity index (χ3n) is 3.69. The van der Waals surface area contributed by atoms with Gasteiger partial charge in [-0.15, -0.1) is 0 Å². The summed E-state index contributed by atoms with van der Waals surface area (Å²) in [5, 5.41) is 6.25. The molecule has 3 rings (SSSR count). The monoisotopic (exact) mass is 276 g/mol. The summed E-state index contributed by atoms with van der Waals surface area (Å²) in [7, 11) is 0. The van der Waals surface area contributed by atoms with Crippen LogP contribution in [-0.4, -0.2) is 31.7 Å². The maximum Gasteiger partial charge on any atom is 0.241 e. The number of anilines is 1. The van der Waals surface area contributed by atoms with Crippen LogP contribution in [0.1, 0.15) is 25.7 Å². The van der Waals surface area contributed by atoms with Crippen molar-refractivity contribution < 1.29 is 14.3 Å². The van der Waals surface area contributed by atoms with Crippen LogP contribution in [0.5, 0.6) is 11.5 Å². The minimum atomic E-state index is -0.0919. The molecule has 1 atom stereocenters. The summed E-state index contributed by atoms with van der Waals surface area (Å²) in [5.74, 6) is 1.47. The first-order valence-corrected chi connectivity index (χ1v) is 7.27. The maximum absolute atomic E-state index is 12.2. The van der Waals surface area contributed by atoms with E-state index >= 15 is 0 Å². The molecular weight excluding hydrogens is 256 g/mol. The number of fused-ring (bicyclic) bond motifs is 1. The molecule has 0 aliphatic carbocycles. The molecule has 2 aliphatic heterocycles. The van der Waals surface area contributed by atoms with E-state index in [0.29, 0.717) is 19.0 Å². The molecule has 1 fully saturated rings. The molecule has 20 heavy (non-hydrogen) atoms. The van der Waals surface area contributed by atoms with Crippen LogP contribution in [0, 0.1) is 0 Å². The van der Waals surface area contributed by atoms with Gasteiger partial charge in [0.15, 0.2) is 11.5 Å². The molecule has 2 aliphatic rings. The zero-order chi connectivity index (χ0) is 13.8. The van der Waals surface area contributed by atoms with Gasteiger partial charge in [0.2, 0.25) is 5.91 Å². The Kier molecular flexibility index (Phi) is 4.06. The number of benzene rings is 1. The van der Waals surface area contributed by atoms with Gasteiger partial charge in [0, 0.05) is 11.8 Å². The average Bonchev–Trinajstić information content (AvgIpc) is 2.76. The summed E-state index contributed by atoms with van der Waals surface area (Å²) >= 11 is 0. The molecule has 1 aromatic carbocycles. The second-order valence-electron chi connectivity index (χ2n) is 5.20.